The van der Waals surface area contributed by atoms with Gasteiger partial charge in [-0.1, -0.05) is 6.08 Å². The fourth-order valence-corrected chi connectivity index (χ4v) is 2.79. The van der Waals surface area contributed by atoms with Crippen molar-refractivity contribution in [2.24, 2.45) is 11.3 Å². The maximum Gasteiger partial charge on any atom is 0.341 e. The van der Waals surface area contributed by atoms with Crippen LogP contribution in [0.5, 0.6) is 0 Å². The van der Waals surface area contributed by atoms with E-state index < -0.39 is 69.3 Å². The Morgan fingerprint density at radius 1 is 0.727 bits per heavy atom. The zero-order chi connectivity index (χ0) is 26.3. The largest absolute Gasteiger partial charge is 0.478 e. The van der Waals surface area contributed by atoms with Crippen molar-refractivity contribution in [2.45, 2.75) is 39.4 Å². The molecule has 0 bridgehead atoms. The van der Waals surface area contributed by atoms with Crippen LogP contribution in [0.25, 0.3) is 0 Å². The number of rotatable bonds is 11. The molecule has 0 aliphatic heterocycles. The SMILES string of the molecule is CC(=CC(O)C(C=C(C)C(=O)O)(C(=O)ON)C(O)(C=C(C)C(=O)O)C=C(C)C(=O)O)C(=O)O. The van der Waals surface area contributed by atoms with Gasteiger partial charge in [0.1, 0.15) is 5.60 Å². The summed E-state index contributed by atoms with van der Waals surface area (Å²) in [7, 11) is 0. The quantitative estimate of drug-likeness (QED) is 0.150. The van der Waals surface area contributed by atoms with Gasteiger partial charge < -0.3 is 35.5 Å². The number of aliphatic hydroxyl groups is 2. The third kappa shape index (κ3) is 6.58. The molecule has 13 nitrogen and oxygen atoms in total. The molecule has 0 fully saturated rings. The molecule has 13 heteroatoms. The topological polar surface area (TPSA) is 242 Å². The summed E-state index contributed by atoms with van der Waals surface area (Å²) in [4.78, 5) is 62.6. The second-order valence-electron chi connectivity index (χ2n) is 7.10. The Balaban J connectivity index is 7.98. The van der Waals surface area contributed by atoms with Crippen LogP contribution >= 0.6 is 0 Å². The van der Waals surface area contributed by atoms with Crippen molar-refractivity contribution in [2.75, 3.05) is 0 Å². The van der Waals surface area contributed by atoms with Gasteiger partial charge >= 0.3 is 29.8 Å². The summed E-state index contributed by atoms with van der Waals surface area (Å²) in [6, 6.07) is 0. The molecule has 2 atom stereocenters. The highest BCUT2D eigenvalue weighted by Crippen LogP contribution is 2.43. The van der Waals surface area contributed by atoms with Crippen LogP contribution in [0.1, 0.15) is 27.7 Å². The van der Waals surface area contributed by atoms with Gasteiger partial charge in [0, 0.05) is 22.3 Å². The highest BCUT2D eigenvalue weighted by Gasteiger charge is 2.59. The van der Waals surface area contributed by atoms with E-state index >= 15 is 0 Å². The zero-order valence-corrected chi connectivity index (χ0v) is 18.1. The lowest BCUT2D eigenvalue weighted by Gasteiger charge is -2.42. The molecule has 8 N–H and O–H groups in total. The maximum atomic E-state index is 12.9. The second-order valence-corrected chi connectivity index (χ2v) is 7.10. The molecule has 0 spiro atoms. The van der Waals surface area contributed by atoms with Crippen molar-refractivity contribution in [1.82, 2.24) is 0 Å². The van der Waals surface area contributed by atoms with Crippen molar-refractivity contribution in [3.63, 3.8) is 0 Å². The average molecular weight is 471 g/mol. The van der Waals surface area contributed by atoms with Crippen molar-refractivity contribution >= 4 is 29.8 Å². The van der Waals surface area contributed by atoms with E-state index in [0.29, 0.717) is 24.3 Å². The van der Waals surface area contributed by atoms with Crippen molar-refractivity contribution in [1.29, 1.82) is 0 Å². The predicted octanol–water partition coefficient (Wildman–Crippen LogP) is -0.395. The minimum atomic E-state index is -3.11. The first kappa shape index (κ1) is 29.2. The monoisotopic (exact) mass is 471 g/mol. The van der Waals surface area contributed by atoms with Gasteiger partial charge in [0.05, 0.1) is 6.10 Å². The normalized spacial score (nSPS) is 17.9. The first-order valence-electron chi connectivity index (χ1n) is 8.98. The van der Waals surface area contributed by atoms with Crippen LogP contribution in [0, 0.1) is 5.41 Å². The van der Waals surface area contributed by atoms with Gasteiger partial charge in [0.25, 0.3) is 0 Å². The Bertz CT molecular complexity index is 942. The minimum Gasteiger partial charge on any atom is -0.478 e. The smallest absolute Gasteiger partial charge is 0.341 e. The number of hydrogen-bond donors (Lipinski definition) is 7. The number of carboxylic acid groups (broad SMARTS) is 4. The van der Waals surface area contributed by atoms with E-state index in [1.807, 2.05) is 0 Å². The van der Waals surface area contributed by atoms with Crippen LogP contribution in [0.2, 0.25) is 0 Å². The van der Waals surface area contributed by atoms with E-state index in [1.165, 1.54) is 0 Å². The van der Waals surface area contributed by atoms with Crippen LogP contribution in [0.15, 0.2) is 46.6 Å². The molecule has 0 aromatic heterocycles. The number of aliphatic carboxylic acids is 4. The summed E-state index contributed by atoms with van der Waals surface area (Å²) >= 11 is 0. The maximum absolute atomic E-state index is 12.9. The zero-order valence-electron chi connectivity index (χ0n) is 18.1. The first-order valence-corrected chi connectivity index (χ1v) is 8.98. The molecule has 0 heterocycles. The van der Waals surface area contributed by atoms with Gasteiger partial charge in [-0.05, 0) is 45.9 Å². The average Bonchev–Trinajstić information content (AvgIpc) is 2.70. The molecule has 0 aromatic rings. The fraction of sp³-hybridized carbons (Fsp3) is 0.350. The Morgan fingerprint density at radius 3 is 1.36 bits per heavy atom. The molecular weight excluding hydrogens is 446 g/mol. The van der Waals surface area contributed by atoms with E-state index in [4.69, 9.17) is 11.0 Å². The summed E-state index contributed by atoms with van der Waals surface area (Å²) < 4.78 is 0. The molecule has 33 heavy (non-hydrogen) atoms. The Hall–Kier alpha value is -3.81. The second kappa shape index (κ2) is 11.2. The van der Waals surface area contributed by atoms with Gasteiger partial charge in [-0.25, -0.2) is 24.0 Å². The third-order valence-electron chi connectivity index (χ3n) is 4.65. The molecule has 0 saturated carbocycles. The molecule has 0 rings (SSSR count). The highest BCUT2D eigenvalue weighted by molar-refractivity contribution is 5.93. The van der Waals surface area contributed by atoms with Gasteiger partial charge in [0.2, 0.25) is 0 Å². The molecular formula is C20H25NO12. The number of carbonyl (C=O) groups excluding carboxylic acids is 1. The van der Waals surface area contributed by atoms with E-state index in [-0.39, 0.29) is 0 Å². The van der Waals surface area contributed by atoms with E-state index in [0.717, 1.165) is 27.7 Å². The third-order valence-corrected chi connectivity index (χ3v) is 4.65. The van der Waals surface area contributed by atoms with Crippen LogP contribution in [0.3, 0.4) is 0 Å². The van der Waals surface area contributed by atoms with Crippen LogP contribution in [0.4, 0.5) is 0 Å². The molecule has 0 saturated heterocycles. The Morgan fingerprint density at radius 2 is 1.06 bits per heavy atom. The number of hydrogen-bond acceptors (Lipinski definition) is 9. The first-order chi connectivity index (χ1) is 15.0. The summed E-state index contributed by atoms with van der Waals surface area (Å²) in [5.74, 6) is -3.27. The van der Waals surface area contributed by atoms with E-state index in [1.54, 1.807) is 0 Å². The lowest BCUT2D eigenvalue weighted by Crippen LogP contribution is -2.58. The highest BCUT2D eigenvalue weighted by atomic mass is 16.7. The number of carboxylic acids is 4. The molecule has 0 radical (unpaired) electrons. The molecule has 0 aromatic carbocycles. The molecule has 0 amide bonds. The number of nitrogens with two attached hydrogens (primary N) is 1. The summed E-state index contributed by atoms with van der Waals surface area (Å²) in [6.07, 6.45) is -0.462. The minimum absolute atomic E-state index is 0.470. The Labute approximate surface area is 187 Å². The van der Waals surface area contributed by atoms with Crippen LogP contribution in [-0.2, 0) is 28.8 Å². The molecule has 0 aliphatic carbocycles. The molecule has 2 unspecified atom stereocenters. The van der Waals surface area contributed by atoms with Crippen LogP contribution in [-0.4, -0.2) is 72.2 Å². The summed E-state index contributed by atoms with van der Waals surface area (Å²) in [6.45, 7) is 3.83. The fourth-order valence-electron chi connectivity index (χ4n) is 2.79. The summed E-state index contributed by atoms with van der Waals surface area (Å²) in [5.41, 5.74) is -8.75. The van der Waals surface area contributed by atoms with E-state index in [9.17, 15) is 49.5 Å². The number of carbonyl (C=O) groups is 5. The van der Waals surface area contributed by atoms with Gasteiger partial charge in [0.15, 0.2) is 5.41 Å². The van der Waals surface area contributed by atoms with E-state index in [2.05, 4.69) is 4.84 Å². The lowest BCUT2D eigenvalue weighted by molar-refractivity contribution is -0.170. The standard InChI is InChI=1S/C20H25NO12/c1-9(14(23)24)5-13(22)20(18(31)33-21,8-12(4)17(29)30)19(32,6-10(2)15(25)26)7-11(3)16(27)28/h5-8,13,22,32H,21H2,1-4H3,(H,23,24)(H,25,26)(H,27,28)(H,29,30). The summed E-state index contributed by atoms with van der Waals surface area (Å²) in [5, 5.41) is 59.4. The van der Waals surface area contributed by atoms with Crippen LogP contribution < -0.4 is 5.90 Å². The van der Waals surface area contributed by atoms with Gasteiger partial charge in [-0.3, -0.25) is 0 Å². The van der Waals surface area contributed by atoms with Gasteiger partial charge in [-0.2, -0.15) is 5.90 Å². The number of aliphatic hydroxyl groups excluding tert-OH is 1. The lowest BCUT2D eigenvalue weighted by atomic mass is 9.65. The van der Waals surface area contributed by atoms with Crippen molar-refractivity contribution in [3.8, 4) is 0 Å². The van der Waals surface area contributed by atoms with Crippen molar-refractivity contribution in [3.05, 3.63) is 46.6 Å². The van der Waals surface area contributed by atoms with Crippen molar-refractivity contribution < 1.29 is 59.4 Å². The molecule has 0 aliphatic rings. The Kier molecular flexibility index (Phi) is 9.88. The predicted molar refractivity (Wildman–Crippen MR) is 109 cm³/mol. The molecule has 182 valence electrons. The van der Waals surface area contributed by atoms with Gasteiger partial charge in [-0.15, -0.1) is 0 Å².